The second kappa shape index (κ2) is 35.1. The van der Waals surface area contributed by atoms with Crippen LogP contribution in [-0.4, -0.2) is 158 Å². The second-order valence-corrected chi connectivity index (χ2v) is 29.9. The zero-order valence-electron chi connectivity index (χ0n) is 60.7. The first-order chi connectivity index (χ1) is 48.4. The number of amides is 2. The molecule has 0 radical (unpaired) electrons. The second-order valence-electron chi connectivity index (χ2n) is 29.9. The minimum atomic E-state index is -0.697. The van der Waals surface area contributed by atoms with Crippen molar-refractivity contribution in [1.82, 2.24) is 90.0 Å². The minimum Gasteiger partial charge on any atom is -0.870 e. The van der Waals surface area contributed by atoms with Gasteiger partial charge in [-0.05, 0) is 119 Å². The van der Waals surface area contributed by atoms with Crippen molar-refractivity contribution in [3.63, 3.8) is 0 Å². The number of hydrogen-bond donors (Lipinski definition) is 2. The summed E-state index contributed by atoms with van der Waals surface area (Å²) in [4.78, 5) is 65.2. The number of fused-ring (bicyclic) bond motifs is 3. The fourth-order valence-electron chi connectivity index (χ4n) is 14.4. The molecule has 0 unspecified atom stereocenters. The van der Waals surface area contributed by atoms with Gasteiger partial charge < -0.3 is 39.9 Å². The normalized spacial score (nSPS) is 21.5. The molecule has 0 spiro atoms. The van der Waals surface area contributed by atoms with E-state index >= 15 is 0 Å². The largest absolute Gasteiger partial charge is 1.00 e. The number of hydrogen-bond acceptors (Lipinski definition) is 23. The summed E-state index contributed by atoms with van der Waals surface area (Å²) < 4.78 is 24.4. The van der Waals surface area contributed by atoms with Crippen LogP contribution in [0.2, 0.25) is 0 Å². The van der Waals surface area contributed by atoms with Gasteiger partial charge in [-0.2, -0.15) is 15.8 Å². The Morgan fingerprint density at radius 2 is 0.796 bits per heavy atom. The Morgan fingerprint density at radius 3 is 1.11 bits per heavy atom. The van der Waals surface area contributed by atoms with E-state index in [2.05, 4.69) is 93.6 Å². The molecular weight excluding hydrogens is 1310 g/mol. The molecule has 30 nitrogen and oxygen atoms in total. The molecule has 10 heterocycles. The van der Waals surface area contributed by atoms with Gasteiger partial charge >= 0.3 is 24.8 Å². The number of nitrogens with one attached hydrogen (secondary N) is 1. The number of rotatable bonds is 16. The van der Waals surface area contributed by atoms with Crippen LogP contribution in [0.4, 0.5) is 0 Å². The van der Waals surface area contributed by atoms with E-state index in [1.807, 2.05) is 94.9 Å². The Morgan fingerprint density at radius 1 is 0.485 bits per heavy atom. The summed E-state index contributed by atoms with van der Waals surface area (Å²) in [6, 6.07) is 6.30. The van der Waals surface area contributed by atoms with Gasteiger partial charge in [0.2, 0.25) is 11.8 Å². The van der Waals surface area contributed by atoms with E-state index in [0.29, 0.717) is 133 Å². The Labute approximate surface area is 612 Å². The van der Waals surface area contributed by atoms with Crippen molar-refractivity contribution in [1.29, 1.82) is 15.8 Å². The first-order valence-electron chi connectivity index (χ1n) is 34.8. The smallest absolute Gasteiger partial charge is 0.870 e. The molecule has 0 aromatic carbocycles. The summed E-state index contributed by atoms with van der Waals surface area (Å²) >= 11 is 0. The van der Waals surface area contributed by atoms with Crippen molar-refractivity contribution in [2.45, 2.75) is 159 Å². The SMILES string of the molecule is CC(=O)C(C)(C)C1CC(Cn2ccnn2)C1.CC(C)(C(=O)N1CCOc2c(C#N)cncc2C1)C1CC(Cn2ccnn2)C1.CC(C)(C(=O)N1CCOc2c(C#N)cncc2C1)C1CC(Cn2ccnn2)C1.CC(C)(C(=O)O)C1CC(Cn2ccnn2)C1.N#Cc1cncc2c1OCCNC2.[Li+].[OH-]. The van der Waals surface area contributed by atoms with Gasteiger partial charge in [-0.3, -0.25) is 52.9 Å². The molecule has 0 bridgehead atoms. The molecule has 7 aliphatic rings. The first kappa shape index (κ1) is 79.2. The molecule has 4 saturated carbocycles. The third-order valence-electron chi connectivity index (χ3n) is 21.9. The summed E-state index contributed by atoms with van der Waals surface area (Å²) in [6.07, 6.45) is 32.1. The van der Waals surface area contributed by atoms with E-state index in [1.165, 1.54) is 18.6 Å². The van der Waals surface area contributed by atoms with Crippen LogP contribution >= 0.6 is 0 Å². The van der Waals surface area contributed by atoms with Crippen molar-refractivity contribution in [3.8, 4) is 35.5 Å². The molecule has 4 aliphatic carbocycles. The number of carbonyl (C=O) groups is 4. The monoisotopic (exact) mass is 1400 g/mol. The maximum atomic E-state index is 13.4. The van der Waals surface area contributed by atoms with E-state index in [-0.39, 0.29) is 41.6 Å². The third kappa shape index (κ3) is 19.2. The molecule has 4 fully saturated rings. The molecular formula is C72H94LiN21O9. The van der Waals surface area contributed by atoms with Crippen molar-refractivity contribution < 1.29 is 62.8 Å². The third-order valence-corrected chi connectivity index (χ3v) is 21.9. The molecule has 0 saturated heterocycles. The van der Waals surface area contributed by atoms with Gasteiger partial charge in [0.25, 0.3) is 0 Å². The molecule has 3 aliphatic heterocycles. The molecule has 14 rings (SSSR count). The predicted octanol–water partition coefficient (Wildman–Crippen LogP) is 4.63. The molecule has 0 atom stereocenters. The Hall–Kier alpha value is -9.52. The number of Topliss-reactive ketones (excluding diaryl/α,β-unsaturated/α-hetero) is 1. The predicted molar refractivity (Wildman–Crippen MR) is 366 cm³/mol. The maximum absolute atomic E-state index is 13.4. The van der Waals surface area contributed by atoms with Crippen molar-refractivity contribution in [2.24, 2.45) is 69.0 Å². The first-order valence-corrected chi connectivity index (χ1v) is 34.8. The molecule has 542 valence electrons. The van der Waals surface area contributed by atoms with Crippen LogP contribution in [-0.2, 0) is 65.0 Å². The van der Waals surface area contributed by atoms with E-state index in [4.69, 9.17) is 24.6 Å². The van der Waals surface area contributed by atoms with Crippen LogP contribution < -0.4 is 38.4 Å². The Bertz CT molecular complexity index is 3830. The standard InChI is InChI=1S/2C20H24N6O2.C12H19N3O.C11H17N3O2.C9H9N3O.Li.H2O/c2*1-20(2,17-7-14(8-17)12-26-4-3-23-24-26)19(27)25-5-6-28-18-15(9-21)10-22-11-16(18)13-25;1-9(16)12(2,3)11-6-10(7-11)8-15-5-4-13-14-15;1-11(2,10(15)16)9-5-8(6-9)7-14-4-3-12-13-14;10-3-7-4-12-6-8-5-11-1-2-13-9(7)8;;/h2*3-4,10-11,14,17H,5-8,12-13H2,1-2H3;4-5,10-11H,6-8H2,1-3H3;3-4,8-9H,5-7H2,1-2H3,(H,15,16);4,6,11H,1-2,5H2;;1H2/q;;;;;+1;/p-1. The van der Waals surface area contributed by atoms with Gasteiger partial charge in [0.05, 0.1) is 56.4 Å². The number of carboxylic acid groups (broad SMARTS) is 1. The van der Waals surface area contributed by atoms with E-state index < -0.39 is 22.2 Å². The molecule has 3 N–H and O–H groups in total. The Balaban J connectivity index is 0.000000168. The van der Waals surface area contributed by atoms with Crippen molar-refractivity contribution in [2.75, 3.05) is 39.5 Å². The van der Waals surface area contributed by atoms with E-state index in [9.17, 15) is 29.7 Å². The number of carbonyl (C=O) groups excluding carboxylic acids is 3. The van der Waals surface area contributed by atoms with Gasteiger partial charge in [-0.1, -0.05) is 62.4 Å². The zero-order chi connectivity index (χ0) is 72.1. The van der Waals surface area contributed by atoms with Gasteiger partial charge in [0.15, 0.2) is 0 Å². The molecule has 103 heavy (non-hydrogen) atoms. The van der Waals surface area contributed by atoms with Crippen LogP contribution in [0.25, 0.3) is 0 Å². The summed E-state index contributed by atoms with van der Waals surface area (Å²) in [6.45, 7) is 25.9. The number of carboxylic acids is 1. The average Bonchev–Trinajstić information content (AvgIpc) is 1.55. The van der Waals surface area contributed by atoms with Crippen LogP contribution in [0.3, 0.4) is 0 Å². The molecule has 7 aromatic rings. The number of pyridine rings is 3. The number of nitriles is 3. The zero-order valence-corrected chi connectivity index (χ0v) is 60.7. The van der Waals surface area contributed by atoms with Crippen LogP contribution in [0.15, 0.2) is 86.8 Å². The van der Waals surface area contributed by atoms with Gasteiger partial charge in [0.1, 0.15) is 77.8 Å². The van der Waals surface area contributed by atoms with Crippen LogP contribution in [0.1, 0.15) is 147 Å². The van der Waals surface area contributed by atoms with Crippen molar-refractivity contribution in [3.05, 3.63) is 120 Å². The van der Waals surface area contributed by atoms with E-state index in [0.717, 1.165) is 107 Å². The molecule has 2 amide bonds. The van der Waals surface area contributed by atoms with Crippen LogP contribution in [0, 0.1) is 103 Å². The van der Waals surface area contributed by atoms with Gasteiger partial charge in [0, 0.05) is 134 Å². The fraction of sp³-hybridized carbons (Fsp3) is 0.583. The Kier molecular flexibility index (Phi) is 27.0. The molecule has 31 heteroatoms. The maximum Gasteiger partial charge on any atom is 1.00 e. The number of ketones is 1. The number of aliphatic carboxylic acids is 1. The number of ether oxygens (including phenoxy) is 3. The minimum absolute atomic E-state index is 0. The average molecular weight is 1400 g/mol. The fourth-order valence-corrected chi connectivity index (χ4v) is 14.4. The quantitative estimate of drug-likeness (QED) is 0.124. The topological polar surface area (TPSA) is 398 Å². The molecule has 7 aromatic heterocycles. The van der Waals surface area contributed by atoms with Crippen LogP contribution in [0.5, 0.6) is 17.2 Å². The summed E-state index contributed by atoms with van der Waals surface area (Å²) in [7, 11) is 0. The van der Waals surface area contributed by atoms with Crippen molar-refractivity contribution >= 4 is 23.6 Å². The van der Waals surface area contributed by atoms with Gasteiger partial charge in [-0.25, -0.2) is 0 Å². The van der Waals surface area contributed by atoms with Gasteiger partial charge in [-0.15, -0.1) is 20.4 Å². The summed E-state index contributed by atoms with van der Waals surface area (Å²) in [5.74, 6) is 5.48. The number of nitrogens with zero attached hydrogens (tertiary/aromatic N) is 20. The van der Waals surface area contributed by atoms with E-state index in [1.54, 1.807) is 50.3 Å². The number of aromatic nitrogens is 15. The summed E-state index contributed by atoms with van der Waals surface area (Å²) in [5.41, 5.74) is 2.25. The summed E-state index contributed by atoms with van der Waals surface area (Å²) in [5, 5.41) is 70.7.